The molecular weight excluding hydrogens is 138 g/mol. The molecular formula is C9H17NO. The van der Waals surface area contributed by atoms with Crippen LogP contribution in [0.3, 0.4) is 0 Å². The molecule has 0 N–H and O–H groups in total. The van der Waals surface area contributed by atoms with Gasteiger partial charge in [0.15, 0.2) is 0 Å². The van der Waals surface area contributed by atoms with Crippen LogP contribution in [0.1, 0.15) is 20.3 Å². The summed E-state index contributed by atoms with van der Waals surface area (Å²) in [6.45, 7) is 5.33. The normalized spacial score (nSPS) is 11.7. The van der Waals surface area contributed by atoms with Gasteiger partial charge in [-0.1, -0.05) is 6.08 Å². The van der Waals surface area contributed by atoms with Crippen LogP contribution in [0.15, 0.2) is 12.2 Å². The van der Waals surface area contributed by atoms with Crippen LogP contribution in [-0.2, 0) is 4.79 Å². The van der Waals surface area contributed by atoms with Crippen molar-refractivity contribution in [1.82, 2.24) is 4.90 Å². The van der Waals surface area contributed by atoms with Crippen molar-refractivity contribution in [3.8, 4) is 0 Å². The van der Waals surface area contributed by atoms with Gasteiger partial charge in [-0.25, -0.2) is 0 Å². The number of allylic oxidation sites excluding steroid dienone is 1. The number of nitrogens with zero attached hydrogens (tertiary/aromatic N) is 1. The second-order valence-corrected chi connectivity index (χ2v) is 2.93. The predicted molar refractivity (Wildman–Crippen MR) is 47.6 cm³/mol. The van der Waals surface area contributed by atoms with Crippen molar-refractivity contribution < 1.29 is 4.79 Å². The lowest BCUT2D eigenvalue weighted by atomic mass is 10.3. The third-order valence-corrected chi connectivity index (χ3v) is 1.74. The summed E-state index contributed by atoms with van der Waals surface area (Å²) in [7, 11) is 2.08. The molecule has 0 unspecified atom stereocenters. The monoisotopic (exact) mass is 155 g/mol. The Morgan fingerprint density at radius 2 is 2.09 bits per heavy atom. The second-order valence-electron chi connectivity index (χ2n) is 2.93. The summed E-state index contributed by atoms with van der Waals surface area (Å²) in [4.78, 5) is 12.1. The molecule has 0 radical (unpaired) electrons. The Morgan fingerprint density at radius 3 is 2.55 bits per heavy atom. The van der Waals surface area contributed by atoms with Gasteiger partial charge in [0.25, 0.3) is 0 Å². The molecule has 0 heterocycles. The zero-order chi connectivity index (χ0) is 8.69. The highest BCUT2D eigenvalue weighted by molar-refractivity contribution is 5.64. The van der Waals surface area contributed by atoms with E-state index < -0.39 is 0 Å². The predicted octanol–water partition coefficient (Wildman–Crippen LogP) is 1.47. The van der Waals surface area contributed by atoms with Crippen molar-refractivity contribution in [2.75, 3.05) is 13.6 Å². The number of carbonyl (C=O) groups excluding carboxylic acids is 1. The summed E-state index contributed by atoms with van der Waals surface area (Å²) in [5.41, 5.74) is 0. The molecule has 11 heavy (non-hydrogen) atoms. The van der Waals surface area contributed by atoms with Crippen LogP contribution in [0.4, 0.5) is 0 Å². The van der Waals surface area contributed by atoms with Gasteiger partial charge >= 0.3 is 0 Å². The van der Waals surface area contributed by atoms with E-state index in [2.05, 4.69) is 25.8 Å². The number of aldehydes is 1. The molecule has 0 atom stereocenters. The van der Waals surface area contributed by atoms with E-state index in [1.54, 1.807) is 6.08 Å². The van der Waals surface area contributed by atoms with Gasteiger partial charge in [-0.2, -0.15) is 0 Å². The zero-order valence-electron chi connectivity index (χ0n) is 7.58. The largest absolute Gasteiger partial charge is 0.304 e. The smallest absolute Gasteiger partial charge is 0.142 e. The lowest BCUT2D eigenvalue weighted by molar-refractivity contribution is -0.104. The Hall–Kier alpha value is -0.630. The Bertz CT molecular complexity index is 130. The third kappa shape index (κ3) is 5.80. The summed E-state index contributed by atoms with van der Waals surface area (Å²) >= 11 is 0. The first-order chi connectivity index (χ1) is 5.18. The zero-order valence-corrected chi connectivity index (χ0v) is 7.58. The standard InChI is InChI=1S/C9H17NO/c1-9(2)10(3)7-5-4-6-8-11/h4,6,8-9H,5,7H2,1-3H3/b6-4+. The van der Waals surface area contributed by atoms with Gasteiger partial charge in [0.1, 0.15) is 6.29 Å². The maximum atomic E-state index is 9.88. The van der Waals surface area contributed by atoms with E-state index in [1.807, 2.05) is 6.08 Å². The first-order valence-corrected chi connectivity index (χ1v) is 3.99. The molecule has 2 nitrogen and oxygen atoms in total. The Kier molecular flexibility index (Phi) is 5.75. The molecule has 0 amide bonds. The van der Waals surface area contributed by atoms with Gasteiger partial charge < -0.3 is 4.90 Å². The lowest BCUT2D eigenvalue weighted by Gasteiger charge is -2.19. The van der Waals surface area contributed by atoms with Gasteiger partial charge in [0, 0.05) is 12.6 Å². The lowest BCUT2D eigenvalue weighted by Crippen LogP contribution is -2.26. The van der Waals surface area contributed by atoms with Crippen LogP contribution >= 0.6 is 0 Å². The minimum absolute atomic E-state index is 0.583. The summed E-state index contributed by atoms with van der Waals surface area (Å²) in [6.07, 6.45) is 5.21. The fourth-order valence-electron chi connectivity index (χ4n) is 0.688. The van der Waals surface area contributed by atoms with Crippen LogP contribution in [-0.4, -0.2) is 30.8 Å². The van der Waals surface area contributed by atoms with Crippen LogP contribution in [0.25, 0.3) is 0 Å². The molecule has 0 aliphatic heterocycles. The summed E-state index contributed by atoms with van der Waals surface area (Å²) in [5, 5.41) is 0. The van der Waals surface area contributed by atoms with Crippen LogP contribution < -0.4 is 0 Å². The average Bonchev–Trinajstić information content (AvgIpc) is 1.97. The van der Waals surface area contributed by atoms with Crippen LogP contribution in [0.2, 0.25) is 0 Å². The number of hydrogen-bond donors (Lipinski definition) is 0. The highest BCUT2D eigenvalue weighted by Crippen LogP contribution is 1.95. The van der Waals surface area contributed by atoms with E-state index in [9.17, 15) is 4.79 Å². The van der Waals surface area contributed by atoms with Gasteiger partial charge in [0.2, 0.25) is 0 Å². The molecule has 0 aromatic carbocycles. The molecule has 2 heteroatoms. The minimum Gasteiger partial charge on any atom is -0.304 e. The Balaban J connectivity index is 3.38. The van der Waals surface area contributed by atoms with Gasteiger partial charge in [0.05, 0.1) is 0 Å². The van der Waals surface area contributed by atoms with E-state index in [0.717, 1.165) is 19.3 Å². The maximum absolute atomic E-state index is 9.88. The molecule has 0 bridgehead atoms. The van der Waals surface area contributed by atoms with Crippen LogP contribution in [0.5, 0.6) is 0 Å². The number of carbonyl (C=O) groups is 1. The maximum Gasteiger partial charge on any atom is 0.142 e. The quantitative estimate of drug-likeness (QED) is 0.442. The van der Waals surface area contributed by atoms with Crippen molar-refractivity contribution in [3.05, 3.63) is 12.2 Å². The molecule has 0 fully saturated rings. The van der Waals surface area contributed by atoms with Crippen molar-refractivity contribution in [3.63, 3.8) is 0 Å². The van der Waals surface area contributed by atoms with Gasteiger partial charge in [-0.3, -0.25) is 4.79 Å². The van der Waals surface area contributed by atoms with Gasteiger partial charge in [-0.05, 0) is 33.4 Å². The summed E-state index contributed by atoms with van der Waals surface area (Å²) < 4.78 is 0. The fourth-order valence-corrected chi connectivity index (χ4v) is 0.688. The van der Waals surface area contributed by atoms with E-state index in [4.69, 9.17) is 0 Å². The SMILES string of the molecule is CC(C)N(C)CC/C=C/C=O. The van der Waals surface area contributed by atoms with Crippen molar-refractivity contribution in [2.45, 2.75) is 26.3 Å². The molecule has 0 saturated carbocycles. The van der Waals surface area contributed by atoms with E-state index in [-0.39, 0.29) is 0 Å². The molecule has 0 aromatic rings. The van der Waals surface area contributed by atoms with Crippen molar-refractivity contribution >= 4 is 6.29 Å². The van der Waals surface area contributed by atoms with Crippen LogP contribution in [0, 0.1) is 0 Å². The highest BCUT2D eigenvalue weighted by Gasteiger charge is 1.99. The summed E-state index contributed by atoms with van der Waals surface area (Å²) in [5.74, 6) is 0. The van der Waals surface area contributed by atoms with Gasteiger partial charge in [-0.15, -0.1) is 0 Å². The highest BCUT2D eigenvalue weighted by atomic mass is 16.1. The molecule has 0 rings (SSSR count). The first-order valence-electron chi connectivity index (χ1n) is 3.99. The Morgan fingerprint density at radius 1 is 1.45 bits per heavy atom. The topological polar surface area (TPSA) is 20.3 Å². The van der Waals surface area contributed by atoms with E-state index in [0.29, 0.717) is 6.04 Å². The molecule has 0 aliphatic carbocycles. The molecule has 64 valence electrons. The molecule has 0 spiro atoms. The van der Waals surface area contributed by atoms with E-state index in [1.165, 1.54) is 0 Å². The number of hydrogen-bond acceptors (Lipinski definition) is 2. The summed E-state index contributed by atoms with van der Waals surface area (Å²) in [6, 6.07) is 0.583. The average molecular weight is 155 g/mol. The molecule has 0 aromatic heterocycles. The molecule has 0 aliphatic rings. The molecule has 0 saturated heterocycles. The third-order valence-electron chi connectivity index (χ3n) is 1.74. The Labute approximate surface area is 68.9 Å². The minimum atomic E-state index is 0.583. The van der Waals surface area contributed by atoms with Crippen molar-refractivity contribution in [1.29, 1.82) is 0 Å². The first kappa shape index (κ1) is 10.4. The van der Waals surface area contributed by atoms with Crippen molar-refractivity contribution in [2.24, 2.45) is 0 Å². The number of rotatable bonds is 5. The second kappa shape index (κ2) is 6.10. The fraction of sp³-hybridized carbons (Fsp3) is 0.667. The van der Waals surface area contributed by atoms with E-state index >= 15 is 0 Å².